The van der Waals surface area contributed by atoms with Gasteiger partial charge in [-0.25, -0.2) is 23.9 Å². The molecule has 3 atom stereocenters. The van der Waals surface area contributed by atoms with Crippen LogP contribution in [0.3, 0.4) is 0 Å². The van der Waals surface area contributed by atoms with Gasteiger partial charge in [0.05, 0.1) is 36.3 Å². The van der Waals surface area contributed by atoms with Crippen LogP contribution in [0.1, 0.15) is 55.8 Å². The van der Waals surface area contributed by atoms with Crippen LogP contribution in [0.5, 0.6) is 5.75 Å². The van der Waals surface area contributed by atoms with Gasteiger partial charge in [0, 0.05) is 44.0 Å². The molecule has 304 valence electrons. The van der Waals surface area contributed by atoms with E-state index < -0.39 is 41.7 Å². The Morgan fingerprint density at radius 3 is 2.33 bits per heavy atom. The van der Waals surface area contributed by atoms with Gasteiger partial charge < -0.3 is 45.9 Å². The minimum atomic E-state index is -5.14. The lowest BCUT2D eigenvalue weighted by Crippen LogP contribution is -2.51. The SMILES string of the molecule is CNC(=O)N[C@@H](C)CNc1ccc(C(=O)Nc2cc(OC(F)(F)F)c(-c3ccc(-c4cnc([C@@H]5CCCN5C(=O)[C@@H](NC(=O)OC)C(C)C)[nH]4)cc3)cc2F)cn1. The van der Waals surface area contributed by atoms with Crippen molar-refractivity contribution in [3.05, 3.63) is 78.1 Å². The molecule has 0 saturated carbocycles. The smallest absolute Gasteiger partial charge is 0.453 e. The van der Waals surface area contributed by atoms with Crippen molar-refractivity contribution in [1.82, 2.24) is 35.8 Å². The highest BCUT2D eigenvalue weighted by Gasteiger charge is 2.38. The first kappa shape index (κ1) is 41.8. The van der Waals surface area contributed by atoms with E-state index in [0.717, 1.165) is 12.1 Å². The highest BCUT2D eigenvalue weighted by Crippen LogP contribution is 2.39. The maximum Gasteiger partial charge on any atom is 0.573 e. The largest absolute Gasteiger partial charge is 0.573 e. The van der Waals surface area contributed by atoms with E-state index in [9.17, 15) is 32.3 Å². The Labute approximate surface area is 325 Å². The third-order valence-corrected chi connectivity index (χ3v) is 9.11. The van der Waals surface area contributed by atoms with Crippen molar-refractivity contribution in [1.29, 1.82) is 0 Å². The van der Waals surface area contributed by atoms with Crippen molar-refractivity contribution in [3.8, 4) is 28.1 Å². The number of hydrogen-bond donors (Lipinski definition) is 6. The average molecular weight is 798 g/mol. The summed E-state index contributed by atoms with van der Waals surface area (Å²) in [6, 6.07) is 8.84. The number of carbonyl (C=O) groups excluding carboxylic acids is 4. The van der Waals surface area contributed by atoms with Gasteiger partial charge in [-0.2, -0.15) is 0 Å². The second-order valence-electron chi connectivity index (χ2n) is 13.6. The first-order chi connectivity index (χ1) is 27.1. The molecule has 2 aromatic carbocycles. The van der Waals surface area contributed by atoms with Gasteiger partial charge in [0.2, 0.25) is 5.91 Å². The Balaban J connectivity index is 1.30. The van der Waals surface area contributed by atoms with Gasteiger partial charge in [0.1, 0.15) is 29.3 Å². The monoisotopic (exact) mass is 797 g/mol. The molecule has 1 aliphatic heterocycles. The normalized spacial score (nSPS) is 15.1. The number of aromatic amines is 1. The van der Waals surface area contributed by atoms with Gasteiger partial charge >= 0.3 is 18.5 Å². The Hall–Kier alpha value is -6.40. The predicted molar refractivity (Wildman–Crippen MR) is 202 cm³/mol. The minimum Gasteiger partial charge on any atom is -0.453 e. The molecule has 0 radical (unpaired) electrons. The number of halogens is 4. The van der Waals surface area contributed by atoms with Gasteiger partial charge in [0.15, 0.2) is 0 Å². The lowest BCUT2D eigenvalue weighted by Gasteiger charge is -2.30. The van der Waals surface area contributed by atoms with Crippen LogP contribution in [-0.4, -0.2) is 89.5 Å². The molecule has 5 rings (SSSR count). The lowest BCUT2D eigenvalue weighted by atomic mass is 10.0. The Morgan fingerprint density at radius 2 is 1.70 bits per heavy atom. The summed E-state index contributed by atoms with van der Waals surface area (Å²) in [4.78, 5) is 63.4. The van der Waals surface area contributed by atoms with Gasteiger partial charge in [-0.15, -0.1) is 13.2 Å². The fraction of sp³-hybridized carbons (Fsp3) is 0.368. The third kappa shape index (κ3) is 10.7. The number of methoxy groups -OCH3 is 1. The summed E-state index contributed by atoms with van der Waals surface area (Å²) in [7, 11) is 2.71. The highest BCUT2D eigenvalue weighted by atomic mass is 19.4. The number of urea groups is 1. The standard InChI is InChI=1S/C38H43F4N9O6/c1-20(2)32(50-37(55)56-5)35(53)51-14-6-7-29(51)33-46-19-28(48-33)23-10-8-22(9-11-23)25-15-26(39)27(16-30(25)57-38(40,41)42)49-34(52)24-12-13-31(45-18-24)44-17-21(3)47-36(54)43-4/h8-13,15-16,18-21,29,32H,6-7,14,17H2,1-5H3,(H,44,45)(H,46,48)(H,49,52)(H,50,55)(H2,43,47,54)/t21-,29-,32-/m0/s1. The number of pyridine rings is 1. The number of aromatic nitrogens is 3. The van der Waals surface area contributed by atoms with Gasteiger partial charge in [-0.1, -0.05) is 38.1 Å². The number of ether oxygens (including phenoxy) is 2. The van der Waals surface area contributed by atoms with Crippen molar-refractivity contribution in [2.75, 3.05) is 37.9 Å². The summed E-state index contributed by atoms with van der Waals surface area (Å²) in [6.07, 6.45) is -1.73. The number of H-pyrrole nitrogens is 1. The van der Waals surface area contributed by atoms with E-state index in [1.54, 1.807) is 30.2 Å². The molecule has 15 nitrogen and oxygen atoms in total. The molecule has 0 unspecified atom stereocenters. The first-order valence-electron chi connectivity index (χ1n) is 18.0. The molecule has 0 bridgehead atoms. The number of nitrogens with one attached hydrogen (secondary N) is 6. The number of alkyl carbamates (subject to hydrolysis) is 1. The van der Waals surface area contributed by atoms with E-state index in [-0.39, 0.29) is 46.6 Å². The van der Waals surface area contributed by atoms with E-state index in [1.165, 1.54) is 44.6 Å². The summed E-state index contributed by atoms with van der Waals surface area (Å²) in [5.41, 5.74) is 0.573. The number of carbonyl (C=O) groups is 4. The zero-order valence-electron chi connectivity index (χ0n) is 31.7. The molecule has 57 heavy (non-hydrogen) atoms. The van der Waals surface area contributed by atoms with Crippen LogP contribution in [0.25, 0.3) is 22.4 Å². The maximum atomic E-state index is 15.5. The van der Waals surface area contributed by atoms with Crippen LogP contribution < -0.4 is 31.3 Å². The molecule has 1 saturated heterocycles. The van der Waals surface area contributed by atoms with Crippen molar-refractivity contribution >= 4 is 35.4 Å². The molecule has 1 fully saturated rings. The lowest BCUT2D eigenvalue weighted by molar-refractivity contribution is -0.274. The summed E-state index contributed by atoms with van der Waals surface area (Å²) in [5.74, 6) is -2.18. The molecule has 4 aromatic rings. The maximum absolute atomic E-state index is 15.5. The van der Waals surface area contributed by atoms with Crippen LogP contribution in [0.4, 0.5) is 38.7 Å². The zero-order valence-corrected chi connectivity index (χ0v) is 31.7. The van der Waals surface area contributed by atoms with Gasteiger partial charge in [-0.3, -0.25) is 9.59 Å². The number of benzene rings is 2. The summed E-state index contributed by atoms with van der Waals surface area (Å²) in [5, 5.41) is 13.0. The molecule has 5 amide bonds. The molecular weight excluding hydrogens is 754 g/mol. The number of rotatable bonds is 13. The summed E-state index contributed by atoms with van der Waals surface area (Å²) < 4.78 is 65.2. The third-order valence-electron chi connectivity index (χ3n) is 9.11. The Bertz CT molecular complexity index is 2060. The second-order valence-corrected chi connectivity index (χ2v) is 13.6. The van der Waals surface area contributed by atoms with E-state index in [2.05, 4.69) is 46.3 Å². The average Bonchev–Trinajstić information content (AvgIpc) is 3.87. The number of likely N-dealkylation sites (tertiary alicyclic amines) is 1. The van der Waals surface area contributed by atoms with Crippen LogP contribution in [0.15, 0.2) is 60.9 Å². The van der Waals surface area contributed by atoms with Crippen molar-refractivity contribution in [2.45, 2.75) is 58.1 Å². The van der Waals surface area contributed by atoms with Crippen molar-refractivity contribution in [3.63, 3.8) is 0 Å². The van der Waals surface area contributed by atoms with E-state index >= 15 is 4.39 Å². The topological polar surface area (TPSA) is 192 Å². The molecule has 3 heterocycles. The van der Waals surface area contributed by atoms with Crippen LogP contribution in [0.2, 0.25) is 0 Å². The van der Waals surface area contributed by atoms with Crippen molar-refractivity contribution in [2.24, 2.45) is 5.92 Å². The molecule has 6 N–H and O–H groups in total. The van der Waals surface area contributed by atoms with E-state index in [4.69, 9.17) is 4.74 Å². The summed E-state index contributed by atoms with van der Waals surface area (Å²) in [6.45, 7) is 6.18. The molecule has 0 aliphatic carbocycles. The fourth-order valence-corrected chi connectivity index (χ4v) is 6.19. The molecule has 19 heteroatoms. The molecule has 2 aromatic heterocycles. The Morgan fingerprint density at radius 1 is 0.982 bits per heavy atom. The quantitative estimate of drug-likeness (QED) is 0.0855. The van der Waals surface area contributed by atoms with E-state index in [0.29, 0.717) is 48.8 Å². The number of hydrogen-bond acceptors (Lipinski definition) is 9. The number of amides is 5. The zero-order chi connectivity index (χ0) is 41.4. The van der Waals surface area contributed by atoms with Gasteiger partial charge in [0.25, 0.3) is 5.91 Å². The second kappa shape index (κ2) is 18.0. The van der Waals surface area contributed by atoms with Crippen LogP contribution in [-0.2, 0) is 9.53 Å². The first-order valence-corrected chi connectivity index (χ1v) is 18.0. The number of nitrogens with zero attached hydrogens (tertiary/aromatic N) is 3. The highest BCUT2D eigenvalue weighted by molar-refractivity contribution is 6.04. The molecule has 0 spiro atoms. The minimum absolute atomic E-state index is 0.000956. The number of alkyl halides is 3. The Kier molecular flexibility index (Phi) is 13.2. The summed E-state index contributed by atoms with van der Waals surface area (Å²) >= 11 is 0. The molecule has 1 aliphatic rings. The van der Waals surface area contributed by atoms with Crippen LogP contribution in [0, 0.1) is 11.7 Å². The predicted octanol–water partition coefficient (Wildman–Crippen LogP) is 6.20. The number of imidazole rings is 1. The van der Waals surface area contributed by atoms with Gasteiger partial charge in [-0.05, 0) is 55.0 Å². The fourth-order valence-electron chi connectivity index (χ4n) is 6.19. The molecular formula is C38H43F4N9O6. The van der Waals surface area contributed by atoms with Crippen LogP contribution >= 0.6 is 0 Å². The van der Waals surface area contributed by atoms with E-state index in [1.807, 2.05) is 13.8 Å². The number of anilines is 2. The van der Waals surface area contributed by atoms with Crippen molar-refractivity contribution < 1.29 is 46.2 Å².